The molecule has 1 aromatic heterocycles. The summed E-state index contributed by atoms with van der Waals surface area (Å²) in [5.74, 6) is 0. The summed E-state index contributed by atoms with van der Waals surface area (Å²) in [6.45, 7) is 9.91. The first-order valence-corrected chi connectivity index (χ1v) is 9.14. The molecule has 0 saturated heterocycles. The molecule has 1 N–H and O–H groups in total. The predicted octanol–water partition coefficient (Wildman–Crippen LogP) is 5.13. The van der Waals surface area contributed by atoms with Gasteiger partial charge in [-0.05, 0) is 48.6 Å². The first-order valence-electron chi connectivity index (χ1n) is 9.14. The highest BCUT2D eigenvalue weighted by molar-refractivity contribution is 5.83. The van der Waals surface area contributed by atoms with Crippen LogP contribution in [0.15, 0.2) is 24.3 Å². The molecule has 0 aliphatic heterocycles. The van der Waals surface area contributed by atoms with Gasteiger partial charge in [-0.2, -0.15) is 0 Å². The van der Waals surface area contributed by atoms with E-state index in [1.165, 1.54) is 47.9 Å². The Balaban J connectivity index is 1.99. The summed E-state index contributed by atoms with van der Waals surface area (Å²) in [4.78, 5) is 4.93. The summed E-state index contributed by atoms with van der Waals surface area (Å²) in [6.07, 6.45) is 6.49. The first-order chi connectivity index (χ1) is 11.0. The Morgan fingerprint density at radius 3 is 2.52 bits per heavy atom. The number of rotatable bonds is 4. The minimum absolute atomic E-state index is 0.0831. The van der Waals surface area contributed by atoms with Crippen LogP contribution in [0.5, 0.6) is 0 Å². The lowest BCUT2D eigenvalue weighted by molar-refractivity contribution is 0.523. The lowest BCUT2D eigenvalue weighted by Gasteiger charge is -2.21. The Morgan fingerprint density at radius 2 is 1.87 bits per heavy atom. The molecule has 2 nitrogen and oxygen atoms in total. The summed E-state index contributed by atoms with van der Waals surface area (Å²) >= 11 is 0. The third-order valence-electron chi connectivity index (χ3n) is 5.07. The van der Waals surface area contributed by atoms with Crippen molar-refractivity contribution >= 4 is 10.9 Å². The van der Waals surface area contributed by atoms with Gasteiger partial charge in [0.25, 0.3) is 0 Å². The summed E-state index contributed by atoms with van der Waals surface area (Å²) < 4.78 is 0. The van der Waals surface area contributed by atoms with Crippen LogP contribution in [0.25, 0.3) is 10.9 Å². The van der Waals surface area contributed by atoms with E-state index < -0.39 is 0 Å². The molecule has 0 bridgehead atoms. The second-order valence-electron chi connectivity index (χ2n) is 7.98. The summed E-state index contributed by atoms with van der Waals surface area (Å²) in [5, 5.41) is 5.10. The van der Waals surface area contributed by atoms with Gasteiger partial charge in [0.2, 0.25) is 0 Å². The van der Waals surface area contributed by atoms with Crippen LogP contribution in [0.1, 0.15) is 70.2 Å². The molecule has 0 atom stereocenters. The van der Waals surface area contributed by atoms with Crippen LogP contribution >= 0.6 is 0 Å². The Bertz CT molecular complexity index is 676. The van der Waals surface area contributed by atoms with Gasteiger partial charge in [0, 0.05) is 29.1 Å². The molecule has 0 amide bonds. The van der Waals surface area contributed by atoms with Gasteiger partial charge >= 0.3 is 0 Å². The van der Waals surface area contributed by atoms with Gasteiger partial charge in [0.05, 0.1) is 5.52 Å². The third-order valence-corrected chi connectivity index (χ3v) is 5.07. The lowest BCUT2D eigenvalue weighted by atomic mass is 9.89. The second kappa shape index (κ2) is 6.60. The smallest absolute Gasteiger partial charge is 0.0709 e. The van der Waals surface area contributed by atoms with Crippen molar-refractivity contribution < 1.29 is 0 Å². The molecule has 23 heavy (non-hydrogen) atoms. The number of hydrogen-bond donors (Lipinski definition) is 1. The molecule has 1 aliphatic rings. The molecular weight excluding hydrogens is 280 g/mol. The number of pyridine rings is 1. The maximum atomic E-state index is 4.93. The van der Waals surface area contributed by atoms with Gasteiger partial charge in [0.15, 0.2) is 0 Å². The van der Waals surface area contributed by atoms with Crippen molar-refractivity contribution in [3.05, 3.63) is 41.1 Å². The molecular formula is C21H30N2. The summed E-state index contributed by atoms with van der Waals surface area (Å²) in [5.41, 5.74) is 5.21. The van der Waals surface area contributed by atoms with Crippen LogP contribution in [0, 0.1) is 0 Å². The van der Waals surface area contributed by atoms with Gasteiger partial charge in [-0.25, -0.2) is 0 Å². The molecule has 1 heterocycles. The zero-order chi connectivity index (χ0) is 16.4. The maximum Gasteiger partial charge on any atom is 0.0709 e. The average molecular weight is 310 g/mol. The van der Waals surface area contributed by atoms with Crippen LogP contribution in [0.3, 0.4) is 0 Å². The number of aryl methyl sites for hydroxylation is 1. The fourth-order valence-corrected chi connectivity index (χ4v) is 3.48. The predicted molar refractivity (Wildman–Crippen MR) is 98.9 cm³/mol. The molecule has 1 fully saturated rings. The van der Waals surface area contributed by atoms with Crippen LogP contribution in [0.4, 0.5) is 0 Å². The zero-order valence-electron chi connectivity index (χ0n) is 15.1. The van der Waals surface area contributed by atoms with E-state index in [1.54, 1.807) is 0 Å². The van der Waals surface area contributed by atoms with E-state index in [4.69, 9.17) is 4.98 Å². The maximum absolute atomic E-state index is 4.93. The SMILES string of the molecule is CCc1ccc2nc(C(C)(C)C)cc(CNC3CCCC3)c2c1. The summed E-state index contributed by atoms with van der Waals surface area (Å²) in [7, 11) is 0. The van der Waals surface area contributed by atoms with Crippen molar-refractivity contribution in [2.75, 3.05) is 0 Å². The van der Waals surface area contributed by atoms with E-state index in [1.807, 2.05) is 0 Å². The monoisotopic (exact) mass is 310 g/mol. The van der Waals surface area contributed by atoms with Crippen LogP contribution in [-0.4, -0.2) is 11.0 Å². The molecule has 1 saturated carbocycles. The number of fused-ring (bicyclic) bond motifs is 1. The highest BCUT2D eigenvalue weighted by atomic mass is 14.9. The van der Waals surface area contributed by atoms with Gasteiger partial charge < -0.3 is 5.32 Å². The third kappa shape index (κ3) is 3.74. The number of nitrogens with zero attached hydrogens (tertiary/aromatic N) is 1. The van der Waals surface area contributed by atoms with E-state index in [9.17, 15) is 0 Å². The van der Waals surface area contributed by atoms with Crippen molar-refractivity contribution in [3.8, 4) is 0 Å². The molecule has 2 aromatic rings. The molecule has 1 aromatic carbocycles. The molecule has 3 rings (SSSR count). The molecule has 1 aliphatic carbocycles. The quantitative estimate of drug-likeness (QED) is 0.847. The van der Waals surface area contributed by atoms with E-state index in [0.29, 0.717) is 6.04 Å². The van der Waals surface area contributed by atoms with Gasteiger partial charge in [-0.1, -0.05) is 46.6 Å². The van der Waals surface area contributed by atoms with E-state index >= 15 is 0 Å². The molecule has 0 spiro atoms. The Hall–Kier alpha value is -1.41. The number of nitrogens with one attached hydrogen (secondary N) is 1. The fourth-order valence-electron chi connectivity index (χ4n) is 3.48. The average Bonchev–Trinajstić information content (AvgIpc) is 3.04. The van der Waals surface area contributed by atoms with Gasteiger partial charge in [-0.15, -0.1) is 0 Å². The highest BCUT2D eigenvalue weighted by Gasteiger charge is 2.19. The molecule has 124 valence electrons. The van der Waals surface area contributed by atoms with Crippen molar-refractivity contribution in [2.45, 2.75) is 77.8 Å². The zero-order valence-corrected chi connectivity index (χ0v) is 15.1. The van der Waals surface area contributed by atoms with Gasteiger partial charge in [-0.3, -0.25) is 4.98 Å². The van der Waals surface area contributed by atoms with Gasteiger partial charge in [0.1, 0.15) is 0 Å². The number of benzene rings is 1. The summed E-state index contributed by atoms with van der Waals surface area (Å²) in [6, 6.07) is 9.77. The molecule has 0 unspecified atom stereocenters. The minimum atomic E-state index is 0.0831. The highest BCUT2D eigenvalue weighted by Crippen LogP contribution is 2.27. The minimum Gasteiger partial charge on any atom is -0.310 e. The normalized spacial score (nSPS) is 16.3. The Kier molecular flexibility index (Phi) is 4.72. The van der Waals surface area contributed by atoms with E-state index in [2.05, 4.69) is 57.3 Å². The van der Waals surface area contributed by atoms with E-state index in [0.717, 1.165) is 18.5 Å². The lowest BCUT2D eigenvalue weighted by Crippen LogP contribution is -2.26. The van der Waals surface area contributed by atoms with Crippen molar-refractivity contribution in [3.63, 3.8) is 0 Å². The van der Waals surface area contributed by atoms with Crippen LogP contribution in [0.2, 0.25) is 0 Å². The second-order valence-corrected chi connectivity index (χ2v) is 7.98. The molecule has 0 radical (unpaired) electrons. The standard InChI is InChI=1S/C21H30N2/c1-5-15-10-11-19-18(12-15)16(13-20(23-19)21(2,3)4)14-22-17-8-6-7-9-17/h10-13,17,22H,5-9,14H2,1-4H3. The largest absolute Gasteiger partial charge is 0.310 e. The van der Waals surface area contributed by atoms with Crippen molar-refractivity contribution in [1.29, 1.82) is 0 Å². The Morgan fingerprint density at radius 1 is 1.13 bits per heavy atom. The van der Waals surface area contributed by atoms with Crippen LogP contribution in [-0.2, 0) is 18.4 Å². The van der Waals surface area contributed by atoms with Crippen LogP contribution < -0.4 is 5.32 Å². The first kappa shape index (κ1) is 16.4. The Labute approximate surface area is 140 Å². The van der Waals surface area contributed by atoms with E-state index in [-0.39, 0.29) is 5.41 Å². The van der Waals surface area contributed by atoms with Crippen molar-refractivity contribution in [2.24, 2.45) is 0 Å². The number of aromatic nitrogens is 1. The fraction of sp³-hybridized carbons (Fsp3) is 0.571. The topological polar surface area (TPSA) is 24.9 Å². The molecule has 2 heteroatoms. The number of hydrogen-bond acceptors (Lipinski definition) is 2. The van der Waals surface area contributed by atoms with Crippen molar-refractivity contribution in [1.82, 2.24) is 10.3 Å².